The van der Waals surface area contributed by atoms with Crippen LogP contribution in [-0.2, 0) is 6.54 Å². The van der Waals surface area contributed by atoms with Crippen LogP contribution < -0.4 is 5.56 Å². The van der Waals surface area contributed by atoms with Gasteiger partial charge in [0.15, 0.2) is 0 Å². The number of nitrogens with zero attached hydrogens (tertiary/aromatic N) is 4. The molecule has 0 radical (unpaired) electrons. The Morgan fingerprint density at radius 2 is 1.74 bits per heavy atom. The second-order valence-electron chi connectivity index (χ2n) is 7.09. The predicted molar refractivity (Wildman–Crippen MR) is 89.5 cm³/mol. The van der Waals surface area contributed by atoms with Gasteiger partial charge in [-0.15, -0.1) is 0 Å². The summed E-state index contributed by atoms with van der Waals surface area (Å²) in [7, 11) is 0. The van der Waals surface area contributed by atoms with E-state index in [2.05, 4.69) is 14.9 Å². The van der Waals surface area contributed by atoms with Crippen LogP contribution in [0.15, 0.2) is 16.9 Å². The van der Waals surface area contributed by atoms with Crippen molar-refractivity contribution in [3.63, 3.8) is 0 Å². The number of aromatic nitrogens is 2. The molecule has 0 amide bonds. The largest absolute Gasteiger partial charge is 0.389 e. The number of hydrogen-bond acceptors (Lipinski definition) is 5. The molecule has 1 saturated heterocycles. The van der Waals surface area contributed by atoms with Crippen LogP contribution >= 0.6 is 0 Å². The van der Waals surface area contributed by atoms with Crippen molar-refractivity contribution < 1.29 is 5.11 Å². The molecule has 1 aliphatic heterocycles. The predicted octanol–water partition coefficient (Wildman–Crippen LogP) is 0.474. The molecule has 0 spiro atoms. The van der Waals surface area contributed by atoms with Crippen LogP contribution in [0.1, 0.15) is 31.4 Å². The van der Waals surface area contributed by atoms with Crippen molar-refractivity contribution in [3.05, 3.63) is 28.2 Å². The minimum atomic E-state index is -0.443. The van der Waals surface area contributed by atoms with Crippen molar-refractivity contribution in [1.29, 1.82) is 0 Å². The Balaban J connectivity index is 1.44. The summed E-state index contributed by atoms with van der Waals surface area (Å²) >= 11 is 0. The van der Waals surface area contributed by atoms with E-state index in [0.717, 1.165) is 70.6 Å². The van der Waals surface area contributed by atoms with Crippen molar-refractivity contribution in [3.8, 4) is 0 Å². The number of rotatable bonds is 5. The Kier molecular flexibility index (Phi) is 5.14. The Morgan fingerprint density at radius 3 is 2.43 bits per heavy atom. The van der Waals surface area contributed by atoms with Crippen molar-refractivity contribution >= 4 is 0 Å². The first-order valence-corrected chi connectivity index (χ1v) is 8.76. The van der Waals surface area contributed by atoms with E-state index in [4.69, 9.17) is 0 Å². The van der Waals surface area contributed by atoms with Gasteiger partial charge in [-0.1, -0.05) is 12.8 Å². The normalized spacial score (nSPS) is 22.5. The summed E-state index contributed by atoms with van der Waals surface area (Å²) in [5.41, 5.74) is 0.401. The fourth-order valence-corrected chi connectivity index (χ4v) is 3.73. The number of β-amino-alcohol motifs (C(OH)–C–C–N with tert-alkyl or cyclic N) is 1. The Morgan fingerprint density at radius 1 is 1.09 bits per heavy atom. The molecule has 2 heterocycles. The number of hydrogen-bond donors (Lipinski definition) is 1. The van der Waals surface area contributed by atoms with E-state index in [0.29, 0.717) is 6.54 Å². The van der Waals surface area contributed by atoms with Crippen LogP contribution in [0.2, 0.25) is 0 Å². The molecular weight excluding hydrogens is 292 g/mol. The van der Waals surface area contributed by atoms with E-state index in [-0.39, 0.29) is 5.56 Å². The fraction of sp³-hybridized carbons (Fsp3) is 0.765. The zero-order chi connectivity index (χ0) is 16.3. The van der Waals surface area contributed by atoms with Crippen LogP contribution in [-0.4, -0.2) is 69.6 Å². The molecule has 0 aromatic carbocycles. The molecule has 1 aliphatic carbocycles. The van der Waals surface area contributed by atoms with E-state index in [1.807, 2.05) is 6.92 Å². The highest BCUT2D eigenvalue weighted by Crippen LogP contribution is 2.30. The van der Waals surface area contributed by atoms with Gasteiger partial charge in [-0.2, -0.15) is 5.10 Å². The minimum absolute atomic E-state index is 0.0299. The highest BCUT2D eigenvalue weighted by molar-refractivity contribution is 4.97. The van der Waals surface area contributed by atoms with E-state index in [1.165, 1.54) is 0 Å². The Labute approximate surface area is 137 Å². The maximum atomic E-state index is 11.8. The molecule has 2 aliphatic rings. The fourth-order valence-electron chi connectivity index (χ4n) is 3.73. The van der Waals surface area contributed by atoms with Crippen molar-refractivity contribution in [2.24, 2.45) is 0 Å². The van der Waals surface area contributed by atoms with Crippen LogP contribution in [0.25, 0.3) is 0 Å². The molecule has 23 heavy (non-hydrogen) atoms. The minimum Gasteiger partial charge on any atom is -0.389 e. The first-order chi connectivity index (χ1) is 11.0. The molecule has 6 heteroatoms. The van der Waals surface area contributed by atoms with Crippen molar-refractivity contribution in [2.45, 2.75) is 44.8 Å². The summed E-state index contributed by atoms with van der Waals surface area (Å²) in [5.74, 6) is 0. The summed E-state index contributed by atoms with van der Waals surface area (Å²) in [6.45, 7) is 8.21. The van der Waals surface area contributed by atoms with Gasteiger partial charge in [0.1, 0.15) is 0 Å². The molecule has 0 unspecified atom stereocenters. The Hall–Kier alpha value is -1.24. The average Bonchev–Trinajstić information content (AvgIpc) is 2.96. The Bertz CT molecular complexity index is 572. The average molecular weight is 320 g/mol. The molecule has 2 fully saturated rings. The molecule has 1 saturated carbocycles. The van der Waals surface area contributed by atoms with Gasteiger partial charge in [-0.3, -0.25) is 14.6 Å². The monoisotopic (exact) mass is 320 g/mol. The lowest BCUT2D eigenvalue weighted by atomic mass is 10.0. The van der Waals surface area contributed by atoms with Gasteiger partial charge < -0.3 is 5.11 Å². The number of aliphatic hydroxyl groups is 1. The first kappa shape index (κ1) is 16.6. The van der Waals surface area contributed by atoms with E-state index < -0.39 is 5.60 Å². The highest BCUT2D eigenvalue weighted by atomic mass is 16.3. The summed E-state index contributed by atoms with van der Waals surface area (Å²) in [4.78, 5) is 16.5. The molecule has 0 atom stereocenters. The van der Waals surface area contributed by atoms with E-state index >= 15 is 0 Å². The van der Waals surface area contributed by atoms with E-state index in [9.17, 15) is 9.90 Å². The van der Waals surface area contributed by atoms with Crippen LogP contribution in [0.5, 0.6) is 0 Å². The molecule has 1 aromatic rings. The zero-order valence-electron chi connectivity index (χ0n) is 14.1. The van der Waals surface area contributed by atoms with Crippen LogP contribution in [0.4, 0.5) is 0 Å². The second kappa shape index (κ2) is 7.11. The smallest absolute Gasteiger partial charge is 0.266 e. The van der Waals surface area contributed by atoms with Gasteiger partial charge in [-0.05, 0) is 25.8 Å². The van der Waals surface area contributed by atoms with Gasteiger partial charge >= 0.3 is 0 Å². The van der Waals surface area contributed by atoms with Crippen LogP contribution in [0, 0.1) is 6.92 Å². The first-order valence-electron chi connectivity index (χ1n) is 8.76. The zero-order valence-corrected chi connectivity index (χ0v) is 14.1. The molecule has 6 nitrogen and oxygen atoms in total. The van der Waals surface area contributed by atoms with Gasteiger partial charge in [0.05, 0.1) is 17.8 Å². The molecule has 1 aromatic heterocycles. The van der Waals surface area contributed by atoms with Gasteiger partial charge in [0.25, 0.3) is 5.56 Å². The summed E-state index contributed by atoms with van der Waals surface area (Å²) in [6.07, 6.45) is 4.23. The number of aryl methyl sites for hydroxylation is 1. The number of piperazine rings is 1. The second-order valence-corrected chi connectivity index (χ2v) is 7.09. The quantitative estimate of drug-likeness (QED) is 0.855. The third-order valence-electron chi connectivity index (χ3n) is 5.15. The highest BCUT2D eigenvalue weighted by Gasteiger charge is 2.33. The third kappa shape index (κ3) is 4.40. The summed E-state index contributed by atoms with van der Waals surface area (Å²) in [6, 6.07) is 3.34. The molecular formula is C17H28N4O2. The van der Waals surface area contributed by atoms with Crippen molar-refractivity contribution in [2.75, 3.05) is 39.3 Å². The van der Waals surface area contributed by atoms with Crippen LogP contribution in [0.3, 0.4) is 0 Å². The van der Waals surface area contributed by atoms with Crippen molar-refractivity contribution in [1.82, 2.24) is 19.6 Å². The molecule has 3 rings (SSSR count). The van der Waals surface area contributed by atoms with Gasteiger partial charge in [0.2, 0.25) is 0 Å². The standard InChI is InChI=1S/C17H28N4O2/c1-15-4-5-16(22)21(18-15)13-12-19-8-10-20(11-9-19)14-17(23)6-2-3-7-17/h4-5,23H,2-3,6-14H2,1H3. The third-order valence-corrected chi connectivity index (χ3v) is 5.15. The summed E-state index contributed by atoms with van der Waals surface area (Å²) < 4.78 is 1.56. The molecule has 0 bridgehead atoms. The molecule has 128 valence electrons. The lowest BCUT2D eigenvalue weighted by molar-refractivity contribution is -0.00487. The maximum absolute atomic E-state index is 11.8. The lowest BCUT2D eigenvalue weighted by Crippen LogP contribution is -2.51. The maximum Gasteiger partial charge on any atom is 0.266 e. The summed E-state index contributed by atoms with van der Waals surface area (Å²) in [5, 5.41) is 14.8. The van der Waals surface area contributed by atoms with Gasteiger partial charge in [0, 0.05) is 45.3 Å². The lowest BCUT2D eigenvalue weighted by Gasteiger charge is -2.38. The SMILES string of the molecule is Cc1ccc(=O)n(CCN2CCN(CC3(O)CCCC3)CC2)n1. The van der Waals surface area contributed by atoms with E-state index in [1.54, 1.807) is 16.8 Å². The topological polar surface area (TPSA) is 61.6 Å². The molecule has 1 N–H and O–H groups in total. The van der Waals surface area contributed by atoms with Gasteiger partial charge in [-0.25, -0.2) is 4.68 Å².